The number of H-pyrrole nitrogens is 1. The molecule has 0 spiro atoms. The van der Waals surface area contributed by atoms with E-state index in [1.807, 2.05) is 13.8 Å². The molecule has 0 aromatic carbocycles. The van der Waals surface area contributed by atoms with E-state index in [9.17, 15) is 0 Å². The smallest absolute Gasteiger partial charge is 0.223 e. The van der Waals surface area contributed by atoms with Gasteiger partial charge in [-0.1, -0.05) is 32.9 Å². The van der Waals surface area contributed by atoms with Crippen molar-refractivity contribution >= 4 is 28.7 Å². The third kappa shape index (κ3) is 2.32. The summed E-state index contributed by atoms with van der Waals surface area (Å²) >= 11 is 5.70. The fourth-order valence-electron chi connectivity index (χ4n) is 0.814. The number of nitrogens with zero attached hydrogens (tertiary/aromatic N) is 3. The molecule has 3 N–H and O–H groups in total. The lowest BCUT2D eigenvalue weighted by molar-refractivity contribution is 1.22. The minimum Gasteiger partial charge on any atom is -0.368 e. The Morgan fingerprint density at radius 1 is 1.36 bits per heavy atom. The maximum Gasteiger partial charge on any atom is 0.223 e. The number of rotatable bonds is 0. The van der Waals surface area contributed by atoms with Crippen LogP contribution in [-0.2, 0) is 0 Å². The summed E-state index contributed by atoms with van der Waals surface area (Å²) in [5.41, 5.74) is 6.42. The third-order valence-electron chi connectivity index (χ3n) is 1.26. The summed E-state index contributed by atoms with van der Waals surface area (Å²) in [6.45, 7) is 4.00. The van der Waals surface area contributed by atoms with E-state index in [-0.39, 0.29) is 13.4 Å². The average Bonchev–Trinajstić information content (AvgIpc) is 2.55. The molecule has 0 atom stereocenters. The molecule has 0 fully saturated rings. The molecule has 2 rings (SSSR count). The van der Waals surface area contributed by atoms with Crippen molar-refractivity contribution in [3.63, 3.8) is 0 Å². The van der Waals surface area contributed by atoms with E-state index >= 15 is 0 Å². The van der Waals surface area contributed by atoms with Gasteiger partial charge >= 0.3 is 0 Å². The van der Waals surface area contributed by atoms with Crippen molar-refractivity contribution in [2.45, 2.75) is 21.3 Å². The number of aromatic nitrogens is 4. The van der Waals surface area contributed by atoms with Gasteiger partial charge in [-0.2, -0.15) is 9.97 Å². The maximum absolute atomic E-state index is 5.70. The largest absolute Gasteiger partial charge is 0.368 e. The molecule has 78 valence electrons. The number of nitrogens with two attached hydrogens (primary N) is 1. The first-order valence-corrected chi connectivity index (χ1v) is 4.27. The predicted octanol–water partition coefficient (Wildman–Crippen LogP) is 2.25. The van der Waals surface area contributed by atoms with Crippen LogP contribution in [0.5, 0.6) is 0 Å². The molecule has 0 saturated heterocycles. The van der Waals surface area contributed by atoms with Gasteiger partial charge in [0.25, 0.3) is 0 Å². The van der Waals surface area contributed by atoms with E-state index < -0.39 is 0 Å². The van der Waals surface area contributed by atoms with E-state index in [1.54, 1.807) is 0 Å². The summed E-state index contributed by atoms with van der Waals surface area (Å²) in [6.07, 6.45) is 1.49. The van der Waals surface area contributed by atoms with E-state index in [0.717, 1.165) is 0 Å². The van der Waals surface area contributed by atoms with Crippen LogP contribution in [0.25, 0.3) is 11.2 Å². The van der Waals surface area contributed by atoms with Crippen molar-refractivity contribution in [1.29, 1.82) is 0 Å². The van der Waals surface area contributed by atoms with Gasteiger partial charge in [0.15, 0.2) is 10.8 Å². The number of hydrogen-bond acceptors (Lipinski definition) is 4. The topological polar surface area (TPSA) is 80.5 Å². The lowest BCUT2D eigenvalue weighted by Gasteiger charge is -1.92. The van der Waals surface area contributed by atoms with Crippen LogP contribution < -0.4 is 5.73 Å². The maximum atomic E-state index is 5.70. The number of fused-ring (bicyclic) bond motifs is 1. The van der Waals surface area contributed by atoms with Gasteiger partial charge in [-0.25, -0.2) is 4.98 Å². The number of hydrogen-bond donors (Lipinski definition) is 2. The van der Waals surface area contributed by atoms with E-state index in [0.29, 0.717) is 16.3 Å². The van der Waals surface area contributed by atoms with Gasteiger partial charge in [-0.05, 0) is 0 Å². The molecule has 14 heavy (non-hydrogen) atoms. The van der Waals surface area contributed by atoms with Crippen LogP contribution in [0.1, 0.15) is 21.3 Å². The first-order valence-electron chi connectivity index (χ1n) is 3.89. The normalized spacial score (nSPS) is 8.79. The average molecular weight is 216 g/mol. The molecule has 0 saturated carbocycles. The summed E-state index contributed by atoms with van der Waals surface area (Å²) in [5, 5.41) is 0.296. The van der Waals surface area contributed by atoms with Crippen LogP contribution in [0.3, 0.4) is 0 Å². The van der Waals surface area contributed by atoms with Crippen LogP contribution in [0.4, 0.5) is 5.95 Å². The zero-order valence-electron chi connectivity index (χ0n) is 7.37. The Labute approximate surface area is 87.7 Å². The monoisotopic (exact) mass is 215 g/mol. The molecule has 2 aromatic heterocycles. The number of nitrogen functional groups attached to an aromatic ring is 1. The molecule has 5 nitrogen and oxygen atoms in total. The number of anilines is 1. The highest BCUT2D eigenvalue weighted by Crippen LogP contribution is 2.16. The van der Waals surface area contributed by atoms with Crippen LogP contribution in [-0.4, -0.2) is 19.9 Å². The summed E-state index contributed by atoms with van der Waals surface area (Å²) in [5.74, 6) is 0.134. The van der Waals surface area contributed by atoms with Crippen LogP contribution in [0.15, 0.2) is 6.33 Å². The van der Waals surface area contributed by atoms with Crippen molar-refractivity contribution in [3.05, 3.63) is 11.5 Å². The zero-order chi connectivity index (χ0) is 9.84. The van der Waals surface area contributed by atoms with E-state index in [4.69, 9.17) is 17.3 Å². The first kappa shape index (κ1) is 12.6. The fraction of sp³-hybridized carbons (Fsp3) is 0.375. The van der Waals surface area contributed by atoms with Crippen molar-refractivity contribution in [3.8, 4) is 0 Å². The Kier molecular flexibility index (Phi) is 4.86. The van der Waals surface area contributed by atoms with Gasteiger partial charge in [0, 0.05) is 0 Å². The first-order chi connectivity index (χ1) is 6.27. The van der Waals surface area contributed by atoms with Gasteiger partial charge in [0.05, 0.1) is 6.33 Å². The second-order valence-electron chi connectivity index (χ2n) is 1.97. The molecular formula is C8H14ClN5. The summed E-state index contributed by atoms with van der Waals surface area (Å²) in [7, 11) is 0. The standard InChI is InChI=1S/C5H4ClN5.C2H6.CH4/c6-3-2-4(9-1-8-2)11-5(7)10-3;1-2;/h1H,(H3,7,8,9,10,11);1-2H3;1H4. The highest BCUT2D eigenvalue weighted by atomic mass is 35.5. The van der Waals surface area contributed by atoms with Gasteiger partial charge in [-0.3, -0.25) is 0 Å². The second-order valence-corrected chi connectivity index (χ2v) is 2.33. The molecule has 0 amide bonds. The van der Waals surface area contributed by atoms with E-state index in [1.165, 1.54) is 6.33 Å². The number of nitrogens with one attached hydrogen (secondary N) is 1. The number of imidazole rings is 1. The summed E-state index contributed by atoms with van der Waals surface area (Å²) < 4.78 is 0. The van der Waals surface area contributed by atoms with Gasteiger partial charge in [0.2, 0.25) is 5.95 Å². The molecule has 0 aliphatic rings. The van der Waals surface area contributed by atoms with Crippen molar-refractivity contribution in [2.75, 3.05) is 5.73 Å². The lowest BCUT2D eigenvalue weighted by Crippen LogP contribution is -1.94. The van der Waals surface area contributed by atoms with Gasteiger partial charge in [0.1, 0.15) is 5.52 Å². The summed E-state index contributed by atoms with van der Waals surface area (Å²) in [6, 6.07) is 0. The molecule has 0 aliphatic carbocycles. The summed E-state index contributed by atoms with van der Waals surface area (Å²) in [4.78, 5) is 14.2. The Morgan fingerprint density at radius 2 is 2.00 bits per heavy atom. The molecule has 0 bridgehead atoms. The molecule has 0 radical (unpaired) electrons. The van der Waals surface area contributed by atoms with Crippen LogP contribution >= 0.6 is 11.6 Å². The minimum absolute atomic E-state index is 0. The van der Waals surface area contributed by atoms with Crippen LogP contribution in [0, 0.1) is 0 Å². The number of halogens is 1. The Hall–Kier alpha value is -1.36. The van der Waals surface area contributed by atoms with Crippen molar-refractivity contribution < 1.29 is 0 Å². The Morgan fingerprint density at radius 3 is 2.64 bits per heavy atom. The highest BCUT2D eigenvalue weighted by Gasteiger charge is 2.04. The molecule has 0 unspecified atom stereocenters. The highest BCUT2D eigenvalue weighted by molar-refractivity contribution is 6.33. The quantitative estimate of drug-likeness (QED) is 0.661. The van der Waals surface area contributed by atoms with Gasteiger partial charge < -0.3 is 10.7 Å². The zero-order valence-corrected chi connectivity index (χ0v) is 8.13. The molecule has 6 heteroatoms. The molecule has 0 aliphatic heterocycles. The second kappa shape index (κ2) is 5.39. The van der Waals surface area contributed by atoms with Crippen molar-refractivity contribution in [1.82, 2.24) is 19.9 Å². The fourth-order valence-corrected chi connectivity index (χ4v) is 1.04. The minimum atomic E-state index is 0. The SMILES string of the molecule is C.CC.Nc1nc(Cl)c2[nH]cnc2n1. The van der Waals surface area contributed by atoms with Crippen molar-refractivity contribution in [2.24, 2.45) is 0 Å². The number of aromatic amines is 1. The van der Waals surface area contributed by atoms with Gasteiger partial charge in [-0.15, -0.1) is 0 Å². The Balaban J connectivity index is 0.000000531. The predicted molar refractivity (Wildman–Crippen MR) is 59.2 cm³/mol. The van der Waals surface area contributed by atoms with Crippen LogP contribution in [0.2, 0.25) is 5.15 Å². The lowest BCUT2D eigenvalue weighted by atomic mass is 10.6. The Bertz CT molecular complexity index is 398. The van der Waals surface area contributed by atoms with E-state index in [2.05, 4.69) is 19.9 Å². The third-order valence-corrected chi connectivity index (χ3v) is 1.53. The molecule has 2 heterocycles. The molecule has 2 aromatic rings. The molecular weight excluding hydrogens is 202 g/mol.